The third kappa shape index (κ3) is 3.64. The second kappa shape index (κ2) is 7.72. The minimum atomic E-state index is -0.902. The third-order valence-corrected chi connectivity index (χ3v) is 5.86. The number of cyclic esters (lactones) is 1. The fourth-order valence-electron chi connectivity index (χ4n) is 3.11. The van der Waals surface area contributed by atoms with Crippen LogP contribution >= 0.6 is 23.6 Å². The van der Waals surface area contributed by atoms with Crippen molar-refractivity contribution < 1.29 is 14.3 Å². The Morgan fingerprint density at radius 1 is 1.52 bits per heavy atom. The lowest BCUT2D eigenvalue weighted by molar-refractivity contribution is -0.125. The lowest BCUT2D eigenvalue weighted by Gasteiger charge is -2.23. The molecule has 1 unspecified atom stereocenters. The Balaban J connectivity index is 1.55. The number of hydrogen-bond donors (Lipinski definition) is 2. The number of H-pyrrole nitrogens is 1. The highest BCUT2D eigenvalue weighted by atomic mass is 32.1. The van der Waals surface area contributed by atoms with Crippen LogP contribution in [0.15, 0.2) is 36.9 Å². The SMILES string of the molecule is C=CCn1c(-c2sc(NC(=O)C3Cc4ccccc4C(=O)O3)nc2C)n[nH]c1=S. The molecule has 1 atom stereocenters. The summed E-state index contributed by atoms with van der Waals surface area (Å²) >= 11 is 6.53. The molecule has 0 bridgehead atoms. The summed E-state index contributed by atoms with van der Waals surface area (Å²) in [6.45, 7) is 6.06. The number of benzene rings is 1. The molecular formula is C19H17N5O3S2. The molecule has 3 aromatic rings. The Hall–Kier alpha value is -3.11. The number of amides is 1. The number of rotatable bonds is 5. The summed E-state index contributed by atoms with van der Waals surface area (Å²) in [4.78, 5) is 30.0. The summed E-state index contributed by atoms with van der Waals surface area (Å²) in [6, 6.07) is 7.11. The fourth-order valence-corrected chi connectivity index (χ4v) is 4.29. The van der Waals surface area contributed by atoms with Crippen LogP contribution in [0.1, 0.15) is 21.6 Å². The molecule has 1 aliphatic rings. The number of hydrogen-bond acceptors (Lipinski definition) is 7. The standard InChI is InChI=1S/C19H17N5O3S2/c1-3-8-24-15(22-23-19(24)28)14-10(2)20-18(29-14)21-16(25)13-9-11-6-4-5-7-12(11)17(26)27-13/h3-7,13H,1,8-9H2,2H3,(H,23,28)(H,20,21,25). The summed E-state index contributed by atoms with van der Waals surface area (Å²) in [7, 11) is 0. The summed E-state index contributed by atoms with van der Waals surface area (Å²) in [5.74, 6) is -0.287. The first-order valence-corrected chi connectivity index (χ1v) is 10.0. The number of thiazole rings is 1. The Morgan fingerprint density at radius 3 is 3.10 bits per heavy atom. The Kier molecular flexibility index (Phi) is 5.12. The van der Waals surface area contributed by atoms with Gasteiger partial charge in [0.2, 0.25) is 0 Å². The maximum absolute atomic E-state index is 12.7. The first-order chi connectivity index (χ1) is 14.0. The Morgan fingerprint density at radius 2 is 2.31 bits per heavy atom. The molecule has 29 heavy (non-hydrogen) atoms. The van der Waals surface area contributed by atoms with Gasteiger partial charge in [0.1, 0.15) is 0 Å². The van der Waals surface area contributed by atoms with Crippen molar-refractivity contribution in [1.29, 1.82) is 0 Å². The van der Waals surface area contributed by atoms with Gasteiger partial charge in [-0.1, -0.05) is 35.6 Å². The van der Waals surface area contributed by atoms with E-state index >= 15 is 0 Å². The molecular weight excluding hydrogens is 410 g/mol. The number of carbonyl (C=O) groups is 2. The van der Waals surface area contributed by atoms with Gasteiger partial charge in [-0.3, -0.25) is 19.8 Å². The zero-order valence-corrected chi connectivity index (χ0v) is 17.1. The number of allylic oxidation sites excluding steroid dienone is 1. The van der Waals surface area contributed by atoms with Crippen LogP contribution in [0.5, 0.6) is 0 Å². The zero-order valence-electron chi connectivity index (χ0n) is 15.5. The van der Waals surface area contributed by atoms with Crippen LogP contribution in [0.25, 0.3) is 10.7 Å². The molecule has 8 nitrogen and oxygen atoms in total. The molecule has 0 fully saturated rings. The maximum Gasteiger partial charge on any atom is 0.339 e. The highest BCUT2D eigenvalue weighted by Crippen LogP contribution is 2.32. The number of aromatic amines is 1. The first-order valence-electron chi connectivity index (χ1n) is 8.81. The maximum atomic E-state index is 12.7. The van der Waals surface area contributed by atoms with E-state index in [1.54, 1.807) is 22.8 Å². The van der Waals surface area contributed by atoms with Crippen molar-refractivity contribution in [2.75, 3.05) is 5.32 Å². The zero-order chi connectivity index (χ0) is 20.5. The number of nitrogens with one attached hydrogen (secondary N) is 2. The van der Waals surface area contributed by atoms with Gasteiger partial charge in [0.05, 0.1) is 16.1 Å². The molecule has 2 aromatic heterocycles. The van der Waals surface area contributed by atoms with E-state index in [0.29, 0.717) is 39.9 Å². The average Bonchev–Trinajstić information content (AvgIpc) is 3.24. The van der Waals surface area contributed by atoms with Crippen LogP contribution < -0.4 is 5.32 Å². The van der Waals surface area contributed by atoms with Gasteiger partial charge in [0.15, 0.2) is 21.8 Å². The van der Waals surface area contributed by atoms with Crippen molar-refractivity contribution in [2.45, 2.75) is 26.0 Å². The fraction of sp³-hybridized carbons (Fsp3) is 0.211. The number of fused-ring (bicyclic) bond motifs is 1. The van der Waals surface area contributed by atoms with Crippen LogP contribution in [0.3, 0.4) is 0 Å². The van der Waals surface area contributed by atoms with Crippen molar-refractivity contribution >= 4 is 40.6 Å². The highest BCUT2D eigenvalue weighted by Gasteiger charge is 2.31. The number of anilines is 1. The van der Waals surface area contributed by atoms with E-state index in [0.717, 1.165) is 10.4 Å². The lowest BCUT2D eigenvalue weighted by atomic mass is 9.98. The van der Waals surface area contributed by atoms with E-state index in [4.69, 9.17) is 17.0 Å². The average molecular weight is 428 g/mol. The van der Waals surface area contributed by atoms with Gasteiger partial charge >= 0.3 is 5.97 Å². The van der Waals surface area contributed by atoms with Crippen molar-refractivity contribution in [3.63, 3.8) is 0 Å². The summed E-state index contributed by atoms with van der Waals surface area (Å²) in [6.07, 6.45) is 1.15. The molecule has 4 rings (SSSR count). The van der Waals surface area contributed by atoms with E-state index in [-0.39, 0.29) is 0 Å². The van der Waals surface area contributed by atoms with Crippen LogP contribution in [-0.4, -0.2) is 37.7 Å². The normalized spacial score (nSPS) is 15.5. The Bertz CT molecular complexity index is 1180. The van der Waals surface area contributed by atoms with Crippen molar-refractivity contribution in [1.82, 2.24) is 19.7 Å². The van der Waals surface area contributed by atoms with Crippen molar-refractivity contribution in [2.24, 2.45) is 0 Å². The number of carbonyl (C=O) groups excluding carboxylic acids is 2. The molecule has 0 spiro atoms. The number of aromatic nitrogens is 4. The third-order valence-electron chi connectivity index (χ3n) is 4.48. The molecule has 148 valence electrons. The monoisotopic (exact) mass is 427 g/mol. The van der Waals surface area contributed by atoms with Gasteiger partial charge in [-0.25, -0.2) is 9.78 Å². The first kappa shape index (κ1) is 19.2. The second-order valence-corrected chi connectivity index (χ2v) is 7.82. The molecule has 0 aliphatic carbocycles. The molecule has 3 heterocycles. The van der Waals surface area contributed by atoms with Gasteiger partial charge in [-0.2, -0.15) is 5.10 Å². The van der Waals surface area contributed by atoms with Crippen molar-refractivity contribution in [3.8, 4) is 10.7 Å². The van der Waals surface area contributed by atoms with E-state index in [2.05, 4.69) is 27.1 Å². The number of aryl methyl sites for hydroxylation is 1. The van der Waals surface area contributed by atoms with E-state index in [1.807, 2.05) is 19.1 Å². The minimum absolute atomic E-state index is 0.322. The molecule has 0 saturated carbocycles. The molecule has 1 aromatic carbocycles. The van der Waals surface area contributed by atoms with Crippen molar-refractivity contribution in [3.05, 3.63) is 58.5 Å². The van der Waals surface area contributed by atoms with Gasteiger partial charge in [-0.15, -0.1) is 6.58 Å². The predicted molar refractivity (Wildman–Crippen MR) is 111 cm³/mol. The van der Waals surface area contributed by atoms with E-state index in [9.17, 15) is 9.59 Å². The quantitative estimate of drug-likeness (QED) is 0.368. The molecule has 2 N–H and O–H groups in total. The Labute approximate surface area is 175 Å². The summed E-state index contributed by atoms with van der Waals surface area (Å²) in [5.41, 5.74) is 1.99. The van der Waals surface area contributed by atoms with Crippen LogP contribution in [0, 0.1) is 11.7 Å². The predicted octanol–water partition coefficient (Wildman–Crippen LogP) is 3.28. The molecule has 0 radical (unpaired) electrons. The minimum Gasteiger partial charge on any atom is -0.448 e. The van der Waals surface area contributed by atoms with Crippen LogP contribution in [-0.2, 0) is 22.5 Å². The lowest BCUT2D eigenvalue weighted by Crippen LogP contribution is -2.37. The number of esters is 1. The second-order valence-electron chi connectivity index (χ2n) is 6.43. The van der Waals surface area contributed by atoms with E-state index in [1.165, 1.54) is 11.3 Å². The highest BCUT2D eigenvalue weighted by molar-refractivity contribution is 7.71. The number of ether oxygens (including phenoxy) is 1. The number of nitrogens with zero attached hydrogens (tertiary/aromatic N) is 3. The largest absolute Gasteiger partial charge is 0.448 e. The molecule has 1 amide bonds. The van der Waals surface area contributed by atoms with Gasteiger partial charge < -0.3 is 4.74 Å². The smallest absolute Gasteiger partial charge is 0.339 e. The summed E-state index contributed by atoms with van der Waals surface area (Å²) in [5, 5.41) is 10.2. The van der Waals surface area contributed by atoms with Gasteiger partial charge in [0.25, 0.3) is 5.91 Å². The van der Waals surface area contributed by atoms with Crippen LogP contribution in [0.4, 0.5) is 5.13 Å². The molecule has 1 aliphatic heterocycles. The molecule has 10 heteroatoms. The molecule has 0 saturated heterocycles. The topological polar surface area (TPSA) is 102 Å². The summed E-state index contributed by atoms with van der Waals surface area (Å²) < 4.78 is 7.58. The van der Waals surface area contributed by atoms with Crippen LogP contribution in [0.2, 0.25) is 0 Å². The van der Waals surface area contributed by atoms with Gasteiger partial charge in [-0.05, 0) is 30.8 Å². The van der Waals surface area contributed by atoms with Gasteiger partial charge in [0, 0.05) is 13.0 Å². The van der Waals surface area contributed by atoms with E-state index < -0.39 is 18.0 Å².